The van der Waals surface area contributed by atoms with Gasteiger partial charge in [0, 0.05) is 31.3 Å². The quantitative estimate of drug-likeness (QED) is 0.655. The van der Waals surface area contributed by atoms with Crippen molar-refractivity contribution >= 4 is 17.5 Å². The van der Waals surface area contributed by atoms with E-state index in [0.717, 1.165) is 31.5 Å². The van der Waals surface area contributed by atoms with Crippen LogP contribution in [0.3, 0.4) is 0 Å². The van der Waals surface area contributed by atoms with E-state index in [1.54, 1.807) is 13.2 Å². The van der Waals surface area contributed by atoms with Crippen molar-refractivity contribution in [3.05, 3.63) is 60.2 Å². The van der Waals surface area contributed by atoms with Gasteiger partial charge in [-0.15, -0.1) is 0 Å². The van der Waals surface area contributed by atoms with Crippen molar-refractivity contribution in [3.8, 4) is 5.75 Å². The second-order valence-electron chi connectivity index (χ2n) is 6.86. The maximum absolute atomic E-state index is 12.9. The van der Waals surface area contributed by atoms with Crippen LogP contribution in [0.4, 0.5) is 5.69 Å². The first-order valence-corrected chi connectivity index (χ1v) is 9.68. The molecule has 0 spiro atoms. The van der Waals surface area contributed by atoms with Crippen molar-refractivity contribution in [2.45, 2.75) is 25.3 Å². The van der Waals surface area contributed by atoms with Gasteiger partial charge in [-0.1, -0.05) is 36.4 Å². The number of benzene rings is 2. The Hall–Kier alpha value is -2.86. The highest BCUT2D eigenvalue weighted by molar-refractivity contribution is 5.95. The summed E-state index contributed by atoms with van der Waals surface area (Å²) in [5.74, 6) is 0.796. The van der Waals surface area contributed by atoms with Gasteiger partial charge in [0.2, 0.25) is 11.8 Å². The molecule has 2 amide bonds. The number of carbonyl (C=O) groups excluding carboxylic acids is 2. The van der Waals surface area contributed by atoms with Crippen molar-refractivity contribution in [2.24, 2.45) is 0 Å². The van der Waals surface area contributed by atoms with Gasteiger partial charge < -0.3 is 20.3 Å². The van der Waals surface area contributed by atoms with Gasteiger partial charge in [0.05, 0.1) is 7.11 Å². The molecule has 0 aromatic heterocycles. The molecule has 0 saturated carbocycles. The topological polar surface area (TPSA) is 70.7 Å². The molecule has 6 nitrogen and oxygen atoms in total. The Kier molecular flexibility index (Phi) is 7.03. The van der Waals surface area contributed by atoms with Crippen molar-refractivity contribution in [1.29, 1.82) is 0 Å². The van der Waals surface area contributed by atoms with Crippen LogP contribution < -0.4 is 15.4 Å². The van der Waals surface area contributed by atoms with Crippen LogP contribution in [0.25, 0.3) is 0 Å². The number of hydrogen-bond acceptors (Lipinski definition) is 4. The number of hydrogen-bond donors (Lipinski definition) is 2. The van der Waals surface area contributed by atoms with E-state index in [1.807, 2.05) is 53.4 Å². The minimum absolute atomic E-state index is 0.128. The molecule has 1 aliphatic rings. The molecule has 2 aromatic rings. The highest BCUT2D eigenvalue weighted by Crippen LogP contribution is 2.20. The molecule has 2 N–H and O–H groups in total. The minimum atomic E-state index is -0.471. The van der Waals surface area contributed by atoms with E-state index in [1.165, 1.54) is 0 Å². The number of likely N-dealkylation sites (tertiary alicyclic amines) is 1. The Bertz CT molecular complexity index is 795. The zero-order chi connectivity index (χ0) is 19.8. The first-order valence-electron chi connectivity index (χ1n) is 9.68. The summed E-state index contributed by atoms with van der Waals surface area (Å²) < 4.78 is 5.22. The minimum Gasteiger partial charge on any atom is -0.497 e. The third kappa shape index (κ3) is 5.33. The van der Waals surface area contributed by atoms with E-state index < -0.39 is 6.04 Å². The lowest BCUT2D eigenvalue weighted by atomic mass is 10.1. The monoisotopic (exact) mass is 381 g/mol. The van der Waals surface area contributed by atoms with Gasteiger partial charge >= 0.3 is 0 Å². The maximum Gasteiger partial charge on any atom is 0.246 e. The van der Waals surface area contributed by atoms with Crippen LogP contribution in [0, 0.1) is 0 Å². The van der Waals surface area contributed by atoms with Gasteiger partial charge in [-0.25, -0.2) is 0 Å². The number of nitrogens with zero attached hydrogens (tertiary/aromatic N) is 1. The number of ether oxygens (including phenoxy) is 1. The lowest BCUT2D eigenvalue weighted by Crippen LogP contribution is -2.35. The molecule has 0 unspecified atom stereocenters. The summed E-state index contributed by atoms with van der Waals surface area (Å²) in [6.07, 6.45) is 2.41. The highest BCUT2D eigenvalue weighted by atomic mass is 16.5. The zero-order valence-corrected chi connectivity index (χ0v) is 16.2. The number of carbonyl (C=O) groups is 2. The van der Waals surface area contributed by atoms with Gasteiger partial charge in [0.15, 0.2) is 0 Å². The molecule has 3 rings (SSSR count). The predicted molar refractivity (Wildman–Crippen MR) is 109 cm³/mol. The predicted octanol–water partition coefficient (Wildman–Crippen LogP) is 2.98. The SMILES string of the molecule is COc1cccc(NC(=O)[C@@H](NCCCN2CCCC2=O)c2ccccc2)c1. The van der Waals surface area contributed by atoms with Crippen molar-refractivity contribution < 1.29 is 14.3 Å². The maximum atomic E-state index is 12.9. The molecule has 148 valence electrons. The number of nitrogens with one attached hydrogen (secondary N) is 2. The molecule has 0 radical (unpaired) electrons. The van der Waals surface area contributed by atoms with Crippen LogP contribution in [-0.4, -0.2) is 43.5 Å². The molecule has 6 heteroatoms. The molecule has 0 aliphatic carbocycles. The Labute approximate surface area is 165 Å². The fourth-order valence-electron chi connectivity index (χ4n) is 3.38. The number of rotatable bonds is 9. The molecular formula is C22H27N3O3. The largest absolute Gasteiger partial charge is 0.497 e. The average molecular weight is 381 g/mol. The smallest absolute Gasteiger partial charge is 0.246 e. The molecule has 1 fully saturated rings. The fraction of sp³-hybridized carbons (Fsp3) is 0.364. The second-order valence-corrected chi connectivity index (χ2v) is 6.86. The Morgan fingerprint density at radius 3 is 2.71 bits per heavy atom. The van der Waals surface area contributed by atoms with Gasteiger partial charge in [-0.05, 0) is 37.1 Å². The van der Waals surface area contributed by atoms with Crippen LogP contribution >= 0.6 is 0 Å². The van der Waals surface area contributed by atoms with Gasteiger partial charge in [-0.3, -0.25) is 9.59 Å². The Balaban J connectivity index is 1.61. The van der Waals surface area contributed by atoms with Crippen molar-refractivity contribution in [1.82, 2.24) is 10.2 Å². The summed E-state index contributed by atoms with van der Waals surface area (Å²) in [4.78, 5) is 26.6. The van der Waals surface area contributed by atoms with E-state index in [0.29, 0.717) is 24.4 Å². The van der Waals surface area contributed by atoms with Gasteiger partial charge in [0.25, 0.3) is 0 Å². The third-order valence-corrected chi connectivity index (χ3v) is 4.86. The van der Waals surface area contributed by atoms with Crippen LogP contribution in [0.1, 0.15) is 30.9 Å². The fourth-order valence-corrected chi connectivity index (χ4v) is 3.38. The van der Waals surface area contributed by atoms with E-state index in [-0.39, 0.29) is 11.8 Å². The molecule has 2 aromatic carbocycles. The second kappa shape index (κ2) is 9.90. The average Bonchev–Trinajstić information content (AvgIpc) is 3.13. The van der Waals surface area contributed by atoms with E-state index >= 15 is 0 Å². The highest BCUT2D eigenvalue weighted by Gasteiger charge is 2.22. The van der Waals surface area contributed by atoms with Crippen LogP contribution in [-0.2, 0) is 9.59 Å². The van der Waals surface area contributed by atoms with Crippen LogP contribution in [0.2, 0.25) is 0 Å². The molecule has 28 heavy (non-hydrogen) atoms. The van der Waals surface area contributed by atoms with E-state index in [4.69, 9.17) is 4.74 Å². The summed E-state index contributed by atoms with van der Waals surface area (Å²) in [5, 5.41) is 6.30. The number of amides is 2. The van der Waals surface area contributed by atoms with Gasteiger partial charge in [-0.2, -0.15) is 0 Å². The Morgan fingerprint density at radius 2 is 2.00 bits per heavy atom. The molecule has 1 aliphatic heterocycles. The number of anilines is 1. The van der Waals surface area contributed by atoms with Crippen molar-refractivity contribution in [2.75, 3.05) is 32.1 Å². The standard InChI is InChI=1S/C22H27N3O3/c1-28-19-11-5-10-18(16-19)24-22(27)21(17-8-3-2-4-9-17)23-13-7-15-25-14-6-12-20(25)26/h2-5,8-11,16,21,23H,6-7,12-15H2,1H3,(H,24,27)/t21-/m0/s1. The van der Waals surface area contributed by atoms with Crippen LogP contribution in [0.15, 0.2) is 54.6 Å². The van der Waals surface area contributed by atoms with Crippen LogP contribution in [0.5, 0.6) is 5.75 Å². The first-order chi connectivity index (χ1) is 13.7. The molecule has 1 atom stereocenters. The molecule has 1 saturated heterocycles. The zero-order valence-electron chi connectivity index (χ0n) is 16.2. The summed E-state index contributed by atoms with van der Waals surface area (Å²) in [5.41, 5.74) is 1.59. The van der Waals surface area contributed by atoms with Gasteiger partial charge in [0.1, 0.15) is 11.8 Å². The lowest BCUT2D eigenvalue weighted by molar-refractivity contribution is -0.127. The Morgan fingerprint density at radius 1 is 1.18 bits per heavy atom. The van der Waals surface area contributed by atoms with E-state index in [9.17, 15) is 9.59 Å². The number of methoxy groups -OCH3 is 1. The van der Waals surface area contributed by atoms with Crippen molar-refractivity contribution in [3.63, 3.8) is 0 Å². The summed E-state index contributed by atoms with van der Waals surface area (Å²) in [6, 6.07) is 16.5. The third-order valence-electron chi connectivity index (χ3n) is 4.86. The van der Waals surface area contributed by atoms with E-state index in [2.05, 4.69) is 10.6 Å². The molecular weight excluding hydrogens is 354 g/mol. The lowest BCUT2D eigenvalue weighted by Gasteiger charge is -2.20. The normalized spacial score (nSPS) is 14.8. The summed E-state index contributed by atoms with van der Waals surface area (Å²) >= 11 is 0. The summed E-state index contributed by atoms with van der Waals surface area (Å²) in [7, 11) is 1.60. The molecule has 0 bridgehead atoms. The summed E-state index contributed by atoms with van der Waals surface area (Å²) in [6.45, 7) is 2.22. The molecule has 1 heterocycles. The first kappa shape index (κ1) is 19.9.